The van der Waals surface area contributed by atoms with Crippen LogP contribution >= 0.6 is 18.6 Å². The first-order valence-corrected chi connectivity index (χ1v) is 7.64. The molecule has 1 aromatic carbocycles. The molecule has 0 aromatic heterocycles. The molecule has 0 unspecified atom stereocenters. The van der Waals surface area contributed by atoms with Crippen LogP contribution in [0.15, 0.2) is 18.2 Å². The Kier molecular flexibility index (Phi) is 6.97. The number of hydrogen-bond donors (Lipinski definition) is 1. The molecular weight excluding hydrogens is 231 g/mol. The minimum atomic E-state index is -0.556. The summed E-state index contributed by atoms with van der Waals surface area (Å²) in [5, 5.41) is 9.04. The van der Waals surface area contributed by atoms with Crippen molar-refractivity contribution in [1.82, 2.24) is 0 Å². The molecule has 0 aliphatic rings. The van der Waals surface area contributed by atoms with E-state index in [1.807, 2.05) is 26.0 Å². The van der Waals surface area contributed by atoms with Crippen molar-refractivity contribution in [2.24, 2.45) is 0 Å². The second kappa shape index (κ2) is 6.79. The first-order chi connectivity index (χ1) is 5.61. The summed E-state index contributed by atoms with van der Waals surface area (Å²) in [4.78, 5) is 0. The second-order valence-electron chi connectivity index (χ2n) is 2.36. The molecule has 0 heterocycles. The zero-order chi connectivity index (χ0) is 9.56. The van der Waals surface area contributed by atoms with Gasteiger partial charge in [-0.15, -0.1) is 0 Å². The van der Waals surface area contributed by atoms with Crippen molar-refractivity contribution in [1.29, 1.82) is 0 Å². The summed E-state index contributed by atoms with van der Waals surface area (Å²) in [6, 6.07) is 5.56. The molecule has 1 rings (SSSR count). The van der Waals surface area contributed by atoms with Crippen molar-refractivity contribution >= 4 is 18.6 Å². The van der Waals surface area contributed by atoms with E-state index in [-0.39, 0.29) is 0 Å². The molecule has 0 spiro atoms. The van der Waals surface area contributed by atoms with E-state index in [9.17, 15) is 0 Å². The van der Waals surface area contributed by atoms with Crippen LogP contribution in [0.2, 0.25) is 0 Å². The summed E-state index contributed by atoms with van der Waals surface area (Å²) in [6.07, 6.45) is 0. The molecule has 0 bridgehead atoms. The van der Waals surface area contributed by atoms with E-state index in [0.717, 1.165) is 5.56 Å². The summed E-state index contributed by atoms with van der Waals surface area (Å²) < 4.78 is 0. The van der Waals surface area contributed by atoms with Crippen LogP contribution in [-0.4, -0.2) is 5.11 Å². The van der Waals surface area contributed by atoms with Gasteiger partial charge in [0.1, 0.15) is 5.75 Å². The van der Waals surface area contributed by atoms with Gasteiger partial charge in [-0.05, 0) is 25.5 Å². The molecular formula is C8H10Cl2OTi. The zero-order valence-corrected chi connectivity index (χ0v) is 10.0. The molecule has 0 saturated heterocycles. The van der Waals surface area contributed by atoms with Crippen LogP contribution in [0.5, 0.6) is 5.75 Å². The van der Waals surface area contributed by atoms with E-state index in [1.165, 1.54) is 5.56 Å². The first-order valence-electron chi connectivity index (χ1n) is 3.34. The van der Waals surface area contributed by atoms with Gasteiger partial charge in [-0.3, -0.25) is 0 Å². The third-order valence-corrected chi connectivity index (χ3v) is 1.35. The van der Waals surface area contributed by atoms with Gasteiger partial charge in [0.2, 0.25) is 0 Å². The SMILES string of the molecule is Cc1ccc(O)c(C)c1.[Cl][Ti][Cl]. The fraction of sp³-hybridized carbons (Fsp3) is 0.250. The van der Waals surface area contributed by atoms with Gasteiger partial charge in [0.15, 0.2) is 0 Å². The quantitative estimate of drug-likeness (QED) is 0.690. The molecule has 1 aromatic rings. The Hall–Kier alpha value is 0.314. The molecule has 12 heavy (non-hydrogen) atoms. The second-order valence-corrected chi connectivity index (χ2v) is 4.94. The van der Waals surface area contributed by atoms with E-state index < -0.39 is 17.0 Å². The Labute approximate surface area is 89.4 Å². The average molecular weight is 241 g/mol. The predicted molar refractivity (Wildman–Crippen MR) is 49.3 cm³/mol. The van der Waals surface area contributed by atoms with E-state index in [2.05, 4.69) is 0 Å². The van der Waals surface area contributed by atoms with Crippen LogP contribution < -0.4 is 0 Å². The molecule has 0 amide bonds. The van der Waals surface area contributed by atoms with Gasteiger partial charge < -0.3 is 5.11 Å². The Bertz CT molecular complexity index is 240. The number of halogens is 2. The fourth-order valence-electron chi connectivity index (χ4n) is 0.805. The van der Waals surface area contributed by atoms with Gasteiger partial charge >= 0.3 is 35.6 Å². The third-order valence-electron chi connectivity index (χ3n) is 1.35. The third kappa shape index (κ3) is 5.05. The normalized spacial score (nSPS) is 8.33. The molecule has 1 nitrogen and oxygen atoms in total. The first kappa shape index (κ1) is 12.3. The summed E-state index contributed by atoms with van der Waals surface area (Å²) >= 11 is -0.556. The number of rotatable bonds is 0. The van der Waals surface area contributed by atoms with E-state index in [4.69, 9.17) is 23.7 Å². The molecule has 0 aliphatic heterocycles. The van der Waals surface area contributed by atoms with E-state index in [0.29, 0.717) is 5.75 Å². The number of aryl methyl sites for hydroxylation is 2. The maximum absolute atomic E-state index is 9.04. The molecule has 1 N–H and O–H groups in total. The average Bonchev–Trinajstić information content (AvgIpc) is 1.99. The van der Waals surface area contributed by atoms with Gasteiger partial charge in [-0.1, -0.05) is 17.7 Å². The standard InChI is InChI=1S/C8H10O.2ClH.Ti/c1-6-3-4-8(9)7(2)5-6;;;/h3-5,9H,1-2H3;2*1H;/q;;;+2/p-2. The Morgan fingerprint density at radius 2 is 1.75 bits per heavy atom. The number of aromatic hydroxyl groups is 1. The molecule has 4 heteroatoms. The van der Waals surface area contributed by atoms with Crippen LogP contribution in [0.3, 0.4) is 0 Å². The Morgan fingerprint density at radius 1 is 1.25 bits per heavy atom. The van der Waals surface area contributed by atoms with Crippen molar-refractivity contribution in [3.05, 3.63) is 29.3 Å². The van der Waals surface area contributed by atoms with Gasteiger partial charge in [-0.25, -0.2) is 0 Å². The topological polar surface area (TPSA) is 20.2 Å². The van der Waals surface area contributed by atoms with Crippen LogP contribution in [0.1, 0.15) is 11.1 Å². The summed E-state index contributed by atoms with van der Waals surface area (Å²) in [6.45, 7) is 3.90. The predicted octanol–water partition coefficient (Wildman–Crippen LogP) is 3.39. The van der Waals surface area contributed by atoms with Gasteiger partial charge in [0.05, 0.1) is 0 Å². The Balaban J connectivity index is 0.000000354. The summed E-state index contributed by atoms with van der Waals surface area (Å²) in [5.41, 5.74) is 2.13. The minimum absolute atomic E-state index is 0.376. The van der Waals surface area contributed by atoms with Crippen molar-refractivity contribution in [3.63, 3.8) is 0 Å². The van der Waals surface area contributed by atoms with Crippen LogP contribution in [0.4, 0.5) is 0 Å². The number of benzene rings is 1. The number of hydrogen-bond acceptors (Lipinski definition) is 1. The monoisotopic (exact) mass is 240 g/mol. The maximum atomic E-state index is 9.04. The van der Waals surface area contributed by atoms with Crippen molar-refractivity contribution in [2.75, 3.05) is 0 Å². The number of phenols is 1. The van der Waals surface area contributed by atoms with Crippen LogP contribution in [0.25, 0.3) is 0 Å². The number of phenolic OH excluding ortho intramolecular Hbond substituents is 1. The molecule has 0 aliphatic carbocycles. The molecule has 0 atom stereocenters. The van der Waals surface area contributed by atoms with Gasteiger partial charge in [-0.2, -0.15) is 0 Å². The zero-order valence-electron chi connectivity index (χ0n) is 6.94. The molecule has 0 saturated carbocycles. The van der Waals surface area contributed by atoms with E-state index in [1.54, 1.807) is 6.07 Å². The van der Waals surface area contributed by atoms with Gasteiger partial charge in [0, 0.05) is 0 Å². The van der Waals surface area contributed by atoms with E-state index >= 15 is 0 Å². The summed E-state index contributed by atoms with van der Waals surface area (Å²) in [7, 11) is 9.78. The van der Waals surface area contributed by atoms with Crippen LogP contribution in [-0.2, 0) is 17.0 Å². The Morgan fingerprint density at radius 3 is 2.08 bits per heavy atom. The van der Waals surface area contributed by atoms with Crippen molar-refractivity contribution in [2.45, 2.75) is 13.8 Å². The molecule has 66 valence electrons. The van der Waals surface area contributed by atoms with Crippen molar-refractivity contribution < 1.29 is 22.1 Å². The fourth-order valence-corrected chi connectivity index (χ4v) is 0.805. The van der Waals surface area contributed by atoms with Crippen LogP contribution in [0, 0.1) is 13.8 Å². The summed E-state index contributed by atoms with van der Waals surface area (Å²) in [5.74, 6) is 0.376. The molecule has 0 radical (unpaired) electrons. The van der Waals surface area contributed by atoms with Crippen molar-refractivity contribution in [3.8, 4) is 5.75 Å². The molecule has 0 fully saturated rings. The van der Waals surface area contributed by atoms with Gasteiger partial charge in [0.25, 0.3) is 0 Å².